The van der Waals surface area contributed by atoms with Crippen LogP contribution in [-0.2, 0) is 13.0 Å². The summed E-state index contributed by atoms with van der Waals surface area (Å²) >= 11 is 0. The predicted molar refractivity (Wildman–Crippen MR) is 103 cm³/mol. The number of ether oxygens (including phenoxy) is 2. The predicted octanol–water partition coefficient (Wildman–Crippen LogP) is 3.38. The van der Waals surface area contributed by atoms with Crippen LogP contribution in [0.25, 0.3) is 0 Å². The Hall–Kier alpha value is -2.27. The topological polar surface area (TPSA) is 46.6 Å². The van der Waals surface area contributed by atoms with Crippen molar-refractivity contribution >= 4 is 5.82 Å². The molecule has 26 heavy (non-hydrogen) atoms. The van der Waals surface area contributed by atoms with Gasteiger partial charge >= 0.3 is 0 Å². The summed E-state index contributed by atoms with van der Waals surface area (Å²) in [6, 6.07) is 10.4. The zero-order valence-electron chi connectivity index (χ0n) is 15.4. The molecule has 4 rings (SSSR count). The maximum absolute atomic E-state index is 5.57. The van der Waals surface area contributed by atoms with Crippen molar-refractivity contribution in [2.24, 2.45) is 5.92 Å². The summed E-state index contributed by atoms with van der Waals surface area (Å²) in [5.74, 6) is 3.71. The van der Waals surface area contributed by atoms with E-state index in [9.17, 15) is 0 Å². The van der Waals surface area contributed by atoms with Crippen LogP contribution in [0.4, 0.5) is 5.82 Å². The maximum Gasteiger partial charge on any atom is 0.231 e. The van der Waals surface area contributed by atoms with Gasteiger partial charge in [0.05, 0.1) is 0 Å². The lowest BCUT2D eigenvalue weighted by Gasteiger charge is -2.31. The van der Waals surface area contributed by atoms with Gasteiger partial charge in [-0.25, -0.2) is 4.98 Å². The van der Waals surface area contributed by atoms with Gasteiger partial charge in [-0.1, -0.05) is 19.1 Å². The van der Waals surface area contributed by atoms with Gasteiger partial charge in [-0.15, -0.1) is 0 Å². The van der Waals surface area contributed by atoms with Crippen molar-refractivity contribution in [3.05, 3.63) is 47.7 Å². The van der Waals surface area contributed by atoms with Gasteiger partial charge in [0.1, 0.15) is 5.82 Å². The van der Waals surface area contributed by atoms with Crippen molar-refractivity contribution in [1.29, 1.82) is 0 Å². The van der Waals surface area contributed by atoms with Crippen LogP contribution in [0.5, 0.6) is 11.5 Å². The average Bonchev–Trinajstić information content (AvgIpc) is 3.16. The highest BCUT2D eigenvalue weighted by Gasteiger charge is 2.18. The second kappa shape index (κ2) is 7.96. The zero-order chi connectivity index (χ0) is 17.8. The highest BCUT2D eigenvalue weighted by molar-refractivity contribution is 5.48. The summed E-state index contributed by atoms with van der Waals surface area (Å²) in [6.07, 6.45) is 5.38. The number of hydrogen-bond donors (Lipinski definition) is 1. The second-order valence-corrected chi connectivity index (χ2v) is 7.27. The fraction of sp³-hybridized carbons (Fsp3) is 0.476. The highest BCUT2D eigenvalue weighted by Crippen LogP contribution is 2.35. The van der Waals surface area contributed by atoms with Crippen molar-refractivity contribution in [3.8, 4) is 11.5 Å². The molecule has 138 valence electrons. The Kier molecular flexibility index (Phi) is 5.25. The van der Waals surface area contributed by atoms with E-state index in [-0.39, 0.29) is 0 Å². The number of anilines is 1. The third-order valence-corrected chi connectivity index (χ3v) is 5.30. The molecule has 2 aliphatic heterocycles. The summed E-state index contributed by atoms with van der Waals surface area (Å²) in [6.45, 7) is 6.66. The Balaban J connectivity index is 1.29. The Morgan fingerprint density at radius 1 is 1.19 bits per heavy atom. The first-order chi connectivity index (χ1) is 12.8. The Labute approximate surface area is 155 Å². The van der Waals surface area contributed by atoms with Crippen LogP contribution < -0.4 is 19.7 Å². The van der Waals surface area contributed by atoms with Crippen LogP contribution >= 0.6 is 0 Å². The lowest BCUT2D eigenvalue weighted by atomic mass is 9.99. The molecule has 1 aromatic carbocycles. The highest BCUT2D eigenvalue weighted by atomic mass is 16.7. The molecule has 0 saturated carbocycles. The first-order valence-corrected chi connectivity index (χ1v) is 9.57. The van der Waals surface area contributed by atoms with Crippen LogP contribution in [0.3, 0.4) is 0 Å². The smallest absolute Gasteiger partial charge is 0.231 e. The van der Waals surface area contributed by atoms with Crippen LogP contribution in [0.1, 0.15) is 30.9 Å². The number of para-hydroxylation sites is 1. The fourth-order valence-corrected chi connectivity index (χ4v) is 3.62. The lowest BCUT2D eigenvalue weighted by molar-refractivity contribution is 0.173. The third-order valence-electron chi connectivity index (χ3n) is 5.30. The fourth-order valence-electron chi connectivity index (χ4n) is 3.62. The number of nitrogens with one attached hydrogen (secondary N) is 1. The molecule has 0 radical (unpaired) electrons. The molecule has 2 aromatic rings. The number of benzene rings is 1. The van der Waals surface area contributed by atoms with Gasteiger partial charge in [-0.3, -0.25) is 0 Å². The molecule has 0 spiro atoms. The molecule has 1 saturated heterocycles. The van der Waals surface area contributed by atoms with Crippen LogP contribution in [0.2, 0.25) is 0 Å². The zero-order valence-corrected chi connectivity index (χ0v) is 15.4. The molecule has 0 atom stereocenters. The number of pyridine rings is 1. The van der Waals surface area contributed by atoms with E-state index >= 15 is 0 Å². The Morgan fingerprint density at radius 3 is 2.96 bits per heavy atom. The van der Waals surface area contributed by atoms with Gasteiger partial charge in [0.2, 0.25) is 6.79 Å². The first kappa shape index (κ1) is 17.2. The van der Waals surface area contributed by atoms with Crippen molar-refractivity contribution in [1.82, 2.24) is 10.3 Å². The van der Waals surface area contributed by atoms with E-state index < -0.39 is 0 Å². The van der Waals surface area contributed by atoms with Gasteiger partial charge in [-0.05, 0) is 61.1 Å². The van der Waals surface area contributed by atoms with Crippen LogP contribution in [0.15, 0.2) is 36.5 Å². The van der Waals surface area contributed by atoms with Crippen molar-refractivity contribution < 1.29 is 9.47 Å². The van der Waals surface area contributed by atoms with E-state index in [1.54, 1.807) is 0 Å². The monoisotopic (exact) mass is 353 g/mol. The summed E-state index contributed by atoms with van der Waals surface area (Å²) in [5.41, 5.74) is 2.48. The molecular formula is C21H27N3O2. The summed E-state index contributed by atoms with van der Waals surface area (Å²) < 4.78 is 11.0. The number of fused-ring (bicyclic) bond motifs is 1. The number of aromatic nitrogens is 1. The molecule has 0 bridgehead atoms. The summed E-state index contributed by atoms with van der Waals surface area (Å²) in [7, 11) is 0. The van der Waals surface area contributed by atoms with Gasteiger partial charge < -0.3 is 19.7 Å². The quantitative estimate of drug-likeness (QED) is 0.807. The van der Waals surface area contributed by atoms with E-state index in [0.717, 1.165) is 55.8 Å². The molecule has 0 unspecified atom stereocenters. The molecule has 0 aliphatic carbocycles. The molecule has 0 amide bonds. The van der Waals surface area contributed by atoms with E-state index in [1.807, 2.05) is 18.3 Å². The number of rotatable bonds is 6. The lowest BCUT2D eigenvalue weighted by Crippen LogP contribution is -2.33. The standard InChI is InChI=1S/C21H27N3O2/c1-16-7-11-24(12-8-16)20-13-17(5-10-23-20)14-22-9-6-18-3-2-4-19-21(18)26-15-25-19/h2-5,10,13,16,22H,6-9,11-12,14-15H2,1H3. The molecule has 1 fully saturated rings. The van der Waals surface area contributed by atoms with E-state index in [1.165, 1.54) is 24.0 Å². The minimum Gasteiger partial charge on any atom is -0.454 e. The van der Waals surface area contributed by atoms with E-state index in [2.05, 4.69) is 40.3 Å². The van der Waals surface area contributed by atoms with E-state index in [0.29, 0.717) is 6.79 Å². The van der Waals surface area contributed by atoms with Gasteiger partial charge in [0.25, 0.3) is 0 Å². The normalized spacial score (nSPS) is 16.9. The van der Waals surface area contributed by atoms with Crippen molar-refractivity contribution in [2.75, 3.05) is 31.3 Å². The van der Waals surface area contributed by atoms with Gasteiger partial charge in [0, 0.05) is 25.8 Å². The van der Waals surface area contributed by atoms with Crippen LogP contribution in [0, 0.1) is 5.92 Å². The van der Waals surface area contributed by atoms with Crippen molar-refractivity contribution in [2.45, 2.75) is 32.7 Å². The first-order valence-electron chi connectivity index (χ1n) is 9.57. The van der Waals surface area contributed by atoms with E-state index in [4.69, 9.17) is 9.47 Å². The Morgan fingerprint density at radius 2 is 2.08 bits per heavy atom. The molecule has 2 aliphatic rings. The van der Waals surface area contributed by atoms with Gasteiger partial charge in [-0.2, -0.15) is 0 Å². The minimum atomic E-state index is 0.328. The summed E-state index contributed by atoms with van der Waals surface area (Å²) in [5, 5.41) is 3.54. The number of piperidine rings is 1. The summed E-state index contributed by atoms with van der Waals surface area (Å²) in [4.78, 5) is 6.98. The average molecular weight is 353 g/mol. The Bertz CT molecular complexity index is 742. The molecule has 3 heterocycles. The molecular weight excluding hydrogens is 326 g/mol. The third kappa shape index (κ3) is 3.93. The molecule has 5 nitrogen and oxygen atoms in total. The molecule has 1 N–H and O–H groups in total. The largest absolute Gasteiger partial charge is 0.454 e. The SMILES string of the molecule is CC1CCN(c2cc(CNCCc3cccc4c3OCO4)ccn2)CC1. The van der Waals surface area contributed by atoms with Gasteiger partial charge in [0.15, 0.2) is 11.5 Å². The maximum atomic E-state index is 5.57. The number of hydrogen-bond acceptors (Lipinski definition) is 5. The van der Waals surface area contributed by atoms with Crippen LogP contribution in [-0.4, -0.2) is 31.4 Å². The molecule has 1 aromatic heterocycles. The second-order valence-electron chi connectivity index (χ2n) is 7.27. The van der Waals surface area contributed by atoms with Crippen molar-refractivity contribution in [3.63, 3.8) is 0 Å². The minimum absolute atomic E-state index is 0.328. The number of nitrogens with zero attached hydrogens (tertiary/aromatic N) is 2. The molecule has 5 heteroatoms.